The number of amides is 1. The molecule has 0 radical (unpaired) electrons. The van der Waals surface area contributed by atoms with E-state index in [1.54, 1.807) is 11.8 Å². The number of likely N-dealkylation sites (tertiary alicyclic amines) is 1. The zero-order valence-corrected chi connectivity index (χ0v) is 11.8. The van der Waals surface area contributed by atoms with Crippen molar-refractivity contribution in [2.75, 3.05) is 26.0 Å². The molecule has 1 amide bonds. The molecule has 17 heavy (non-hydrogen) atoms. The van der Waals surface area contributed by atoms with Gasteiger partial charge in [0.05, 0.1) is 13.2 Å². The van der Waals surface area contributed by atoms with Gasteiger partial charge in [0.1, 0.15) is 0 Å². The molecule has 100 valence electrons. The fourth-order valence-electron chi connectivity index (χ4n) is 2.24. The first-order chi connectivity index (χ1) is 8.08. The van der Waals surface area contributed by atoms with Crippen molar-refractivity contribution in [2.24, 2.45) is 0 Å². The van der Waals surface area contributed by atoms with Crippen molar-refractivity contribution in [1.29, 1.82) is 0 Å². The van der Waals surface area contributed by atoms with E-state index in [-0.39, 0.29) is 23.8 Å². The molecule has 0 spiro atoms. The summed E-state index contributed by atoms with van der Waals surface area (Å²) in [5.74, 6) is 0.0683. The topological polar surface area (TPSA) is 52.6 Å². The van der Waals surface area contributed by atoms with E-state index in [1.165, 1.54) is 12.8 Å². The Hall–Kier alpha value is -0.260. The van der Waals surface area contributed by atoms with Gasteiger partial charge in [-0.3, -0.25) is 9.69 Å². The number of aliphatic hydroxyl groups is 1. The Morgan fingerprint density at radius 2 is 2.35 bits per heavy atom. The van der Waals surface area contributed by atoms with Gasteiger partial charge in [0.2, 0.25) is 5.91 Å². The van der Waals surface area contributed by atoms with Crippen LogP contribution in [0, 0.1) is 0 Å². The molecule has 0 aromatic carbocycles. The molecule has 4 nitrogen and oxygen atoms in total. The fourth-order valence-corrected chi connectivity index (χ4v) is 2.87. The highest BCUT2D eigenvalue weighted by atomic mass is 32.2. The van der Waals surface area contributed by atoms with Crippen LogP contribution in [0.1, 0.15) is 26.7 Å². The lowest BCUT2D eigenvalue weighted by molar-refractivity contribution is -0.123. The van der Waals surface area contributed by atoms with Crippen molar-refractivity contribution in [1.82, 2.24) is 10.2 Å². The van der Waals surface area contributed by atoms with Gasteiger partial charge < -0.3 is 10.4 Å². The second-order valence-electron chi connectivity index (χ2n) is 4.77. The smallest absolute Gasteiger partial charge is 0.234 e. The third-order valence-corrected chi connectivity index (χ3v) is 4.63. The van der Waals surface area contributed by atoms with Crippen molar-refractivity contribution in [2.45, 2.75) is 44.0 Å². The summed E-state index contributed by atoms with van der Waals surface area (Å²) in [4.78, 5) is 14.1. The minimum atomic E-state index is 0.0143. The lowest BCUT2D eigenvalue weighted by Crippen LogP contribution is -2.46. The van der Waals surface area contributed by atoms with Crippen LogP contribution >= 0.6 is 11.8 Å². The van der Waals surface area contributed by atoms with Crippen LogP contribution in [-0.4, -0.2) is 59.2 Å². The van der Waals surface area contributed by atoms with Gasteiger partial charge in [0.25, 0.3) is 0 Å². The molecule has 2 N–H and O–H groups in total. The highest BCUT2D eigenvalue weighted by molar-refractivity contribution is 7.99. The maximum Gasteiger partial charge on any atom is 0.234 e. The number of hydrogen-bond donors (Lipinski definition) is 2. The van der Waals surface area contributed by atoms with Crippen molar-refractivity contribution in [3.8, 4) is 0 Å². The summed E-state index contributed by atoms with van der Waals surface area (Å²) < 4.78 is 0. The van der Waals surface area contributed by atoms with Crippen molar-refractivity contribution >= 4 is 17.7 Å². The monoisotopic (exact) mass is 260 g/mol. The Bertz CT molecular complexity index is 247. The molecule has 1 fully saturated rings. The van der Waals surface area contributed by atoms with E-state index in [0.29, 0.717) is 12.6 Å². The van der Waals surface area contributed by atoms with Crippen LogP contribution in [0.5, 0.6) is 0 Å². The molecule has 1 aliphatic rings. The minimum Gasteiger partial charge on any atom is -0.395 e. The van der Waals surface area contributed by atoms with Gasteiger partial charge in [0, 0.05) is 17.3 Å². The highest BCUT2D eigenvalue weighted by Gasteiger charge is 2.24. The lowest BCUT2D eigenvalue weighted by atomic mass is 10.2. The zero-order chi connectivity index (χ0) is 12.8. The second-order valence-corrected chi connectivity index (χ2v) is 5.85. The van der Waals surface area contributed by atoms with Crippen molar-refractivity contribution < 1.29 is 9.90 Å². The van der Waals surface area contributed by atoms with E-state index in [2.05, 4.69) is 17.1 Å². The number of carbonyl (C=O) groups excluding carboxylic acids is 1. The molecule has 3 atom stereocenters. The summed E-state index contributed by atoms with van der Waals surface area (Å²) in [6.45, 7) is 5.72. The molecule has 0 aromatic heterocycles. The summed E-state index contributed by atoms with van der Waals surface area (Å²) in [5.41, 5.74) is 0. The first-order valence-electron chi connectivity index (χ1n) is 6.25. The number of rotatable bonds is 6. The van der Waals surface area contributed by atoms with Crippen LogP contribution in [0.4, 0.5) is 0 Å². The SMILES string of the molecule is CS[C@H](CO)[C@H](C)NC(=O)CN1CCC[C@@H]1C. The van der Waals surface area contributed by atoms with Gasteiger partial charge in [0.15, 0.2) is 0 Å². The number of hydrogen-bond acceptors (Lipinski definition) is 4. The van der Waals surface area contributed by atoms with Gasteiger partial charge >= 0.3 is 0 Å². The maximum absolute atomic E-state index is 11.8. The number of carbonyl (C=O) groups is 1. The number of nitrogens with one attached hydrogen (secondary N) is 1. The third-order valence-electron chi connectivity index (χ3n) is 3.47. The van der Waals surface area contributed by atoms with E-state index in [0.717, 1.165) is 6.54 Å². The predicted octanol–water partition coefficient (Wildman–Crippen LogP) is 0.699. The Kier molecular flexibility index (Phi) is 6.30. The molecular formula is C12H24N2O2S. The Balaban J connectivity index is 2.33. The van der Waals surface area contributed by atoms with Gasteiger partial charge in [-0.15, -0.1) is 0 Å². The summed E-state index contributed by atoms with van der Waals surface area (Å²) >= 11 is 1.58. The normalized spacial score (nSPS) is 24.6. The molecule has 1 rings (SSSR count). The van der Waals surface area contributed by atoms with Crippen LogP contribution in [0.25, 0.3) is 0 Å². The van der Waals surface area contributed by atoms with E-state index >= 15 is 0 Å². The Labute approximate surface area is 108 Å². The molecule has 0 aromatic rings. The van der Waals surface area contributed by atoms with E-state index in [9.17, 15) is 4.79 Å². The summed E-state index contributed by atoms with van der Waals surface area (Å²) in [7, 11) is 0. The molecule has 1 aliphatic heterocycles. The van der Waals surface area contributed by atoms with Crippen molar-refractivity contribution in [3.63, 3.8) is 0 Å². The average molecular weight is 260 g/mol. The molecule has 0 unspecified atom stereocenters. The fraction of sp³-hybridized carbons (Fsp3) is 0.917. The van der Waals surface area contributed by atoms with E-state index in [1.807, 2.05) is 13.2 Å². The Morgan fingerprint density at radius 3 is 2.82 bits per heavy atom. The minimum absolute atomic E-state index is 0.0143. The molecular weight excluding hydrogens is 236 g/mol. The van der Waals surface area contributed by atoms with Gasteiger partial charge in [-0.2, -0.15) is 11.8 Å². The lowest BCUT2D eigenvalue weighted by Gasteiger charge is -2.24. The van der Waals surface area contributed by atoms with Gasteiger partial charge in [-0.1, -0.05) is 0 Å². The second kappa shape index (κ2) is 7.24. The van der Waals surface area contributed by atoms with Gasteiger partial charge in [-0.05, 0) is 39.5 Å². The highest BCUT2D eigenvalue weighted by Crippen LogP contribution is 2.15. The predicted molar refractivity (Wildman–Crippen MR) is 72.3 cm³/mol. The summed E-state index contributed by atoms with van der Waals surface area (Å²) in [6, 6.07) is 0.533. The zero-order valence-electron chi connectivity index (χ0n) is 11.0. The van der Waals surface area contributed by atoms with Crippen LogP contribution < -0.4 is 5.32 Å². The molecule has 0 aliphatic carbocycles. The maximum atomic E-state index is 11.8. The molecule has 0 bridgehead atoms. The summed E-state index contributed by atoms with van der Waals surface area (Å²) in [5, 5.41) is 12.2. The quantitative estimate of drug-likeness (QED) is 0.738. The number of nitrogens with zero attached hydrogens (tertiary/aromatic N) is 1. The Morgan fingerprint density at radius 1 is 1.65 bits per heavy atom. The third kappa shape index (κ3) is 4.48. The first-order valence-corrected chi connectivity index (χ1v) is 7.54. The number of aliphatic hydroxyl groups excluding tert-OH is 1. The van der Waals surface area contributed by atoms with E-state index < -0.39 is 0 Å². The largest absolute Gasteiger partial charge is 0.395 e. The van der Waals surface area contributed by atoms with Gasteiger partial charge in [-0.25, -0.2) is 0 Å². The van der Waals surface area contributed by atoms with E-state index in [4.69, 9.17) is 5.11 Å². The standard InChI is InChI=1S/C12H24N2O2S/c1-9-5-4-6-14(9)7-12(16)13-10(2)11(8-15)17-3/h9-11,15H,4-8H2,1-3H3,(H,13,16)/t9-,10-,11+/m0/s1. The molecule has 5 heteroatoms. The van der Waals surface area contributed by atoms with Crippen molar-refractivity contribution in [3.05, 3.63) is 0 Å². The molecule has 0 saturated carbocycles. The number of thioether (sulfide) groups is 1. The molecule has 1 heterocycles. The summed E-state index contributed by atoms with van der Waals surface area (Å²) in [6.07, 6.45) is 4.33. The molecule has 1 saturated heterocycles. The first kappa shape index (κ1) is 14.8. The van der Waals surface area contributed by atoms with Crippen LogP contribution in [0.15, 0.2) is 0 Å². The van der Waals surface area contributed by atoms with Crippen LogP contribution in [0.2, 0.25) is 0 Å². The van der Waals surface area contributed by atoms with Crippen LogP contribution in [-0.2, 0) is 4.79 Å². The average Bonchev–Trinajstić information content (AvgIpc) is 2.66. The van der Waals surface area contributed by atoms with Crippen LogP contribution in [0.3, 0.4) is 0 Å².